The van der Waals surface area contributed by atoms with Gasteiger partial charge in [-0.1, -0.05) is 33.1 Å². The van der Waals surface area contributed by atoms with Crippen molar-refractivity contribution in [2.45, 2.75) is 70.5 Å². The Hall–Kier alpha value is -0.380. The molecule has 1 aliphatic carbocycles. The molecule has 3 rings (SSSR count). The zero-order chi connectivity index (χ0) is 14.9. The molecule has 2 unspecified atom stereocenters. The highest BCUT2D eigenvalue weighted by molar-refractivity contribution is 7.07. The second-order valence-electron chi connectivity index (χ2n) is 7.44. The molecule has 2 fully saturated rings. The van der Waals surface area contributed by atoms with Crippen LogP contribution in [0.1, 0.15) is 64.5 Å². The fraction of sp³-hybridized carbons (Fsp3) is 0.778. The van der Waals surface area contributed by atoms with Crippen molar-refractivity contribution in [2.75, 3.05) is 13.1 Å². The van der Waals surface area contributed by atoms with Gasteiger partial charge in [0.1, 0.15) is 0 Å². The van der Waals surface area contributed by atoms with Crippen LogP contribution in [0.5, 0.6) is 0 Å². The van der Waals surface area contributed by atoms with E-state index in [-0.39, 0.29) is 0 Å². The summed E-state index contributed by atoms with van der Waals surface area (Å²) < 4.78 is 0. The summed E-state index contributed by atoms with van der Waals surface area (Å²) in [6.45, 7) is 9.54. The van der Waals surface area contributed by atoms with Crippen LogP contribution in [0.25, 0.3) is 0 Å². The number of thiophene rings is 1. The van der Waals surface area contributed by atoms with Crippen LogP contribution in [-0.4, -0.2) is 29.6 Å². The predicted molar refractivity (Wildman–Crippen MR) is 91.9 cm³/mol. The molecule has 0 bridgehead atoms. The fourth-order valence-electron chi connectivity index (χ4n) is 4.27. The first-order valence-corrected chi connectivity index (χ1v) is 9.58. The second kappa shape index (κ2) is 6.39. The number of hydrogen-bond donors (Lipinski definition) is 1. The molecule has 2 nitrogen and oxygen atoms in total. The summed E-state index contributed by atoms with van der Waals surface area (Å²) in [6.07, 6.45) is 6.96. The van der Waals surface area contributed by atoms with Crippen LogP contribution >= 0.6 is 11.3 Å². The van der Waals surface area contributed by atoms with Crippen molar-refractivity contribution in [3.63, 3.8) is 0 Å². The Morgan fingerprint density at radius 1 is 1.24 bits per heavy atom. The first-order chi connectivity index (χ1) is 10.1. The van der Waals surface area contributed by atoms with Crippen molar-refractivity contribution < 1.29 is 0 Å². The van der Waals surface area contributed by atoms with E-state index in [2.05, 4.69) is 47.8 Å². The molecule has 2 heterocycles. The molecular formula is C18H30N2S. The van der Waals surface area contributed by atoms with E-state index >= 15 is 0 Å². The van der Waals surface area contributed by atoms with E-state index in [0.717, 1.165) is 6.54 Å². The third kappa shape index (κ3) is 3.20. The monoisotopic (exact) mass is 306 g/mol. The molecule has 1 aliphatic heterocycles. The minimum atomic E-state index is 0.397. The average molecular weight is 307 g/mol. The van der Waals surface area contributed by atoms with E-state index in [9.17, 15) is 0 Å². The van der Waals surface area contributed by atoms with Gasteiger partial charge in [-0.2, -0.15) is 11.3 Å². The maximum atomic E-state index is 3.96. The Labute approximate surface area is 133 Å². The Morgan fingerprint density at radius 2 is 2.00 bits per heavy atom. The number of piperazine rings is 1. The number of hydrogen-bond acceptors (Lipinski definition) is 3. The van der Waals surface area contributed by atoms with Gasteiger partial charge >= 0.3 is 0 Å². The Morgan fingerprint density at radius 3 is 2.62 bits per heavy atom. The molecule has 118 valence electrons. The molecule has 1 saturated heterocycles. The van der Waals surface area contributed by atoms with E-state index in [1.54, 1.807) is 0 Å². The number of nitrogens with one attached hydrogen (secondary N) is 1. The molecule has 3 heteroatoms. The smallest absolute Gasteiger partial charge is 0.0332 e. The first-order valence-electron chi connectivity index (χ1n) is 8.64. The minimum absolute atomic E-state index is 0.397. The normalized spacial score (nSPS) is 28.1. The van der Waals surface area contributed by atoms with Gasteiger partial charge in [0.25, 0.3) is 0 Å². The van der Waals surface area contributed by atoms with Crippen molar-refractivity contribution in [1.29, 1.82) is 0 Å². The molecule has 1 aromatic heterocycles. The Bertz CT molecular complexity index is 434. The molecule has 1 aromatic rings. The molecule has 0 aromatic carbocycles. The lowest BCUT2D eigenvalue weighted by molar-refractivity contribution is 0.0103. The van der Waals surface area contributed by atoms with E-state index in [1.807, 2.05) is 11.3 Å². The number of rotatable bonds is 3. The van der Waals surface area contributed by atoms with E-state index in [0.29, 0.717) is 23.5 Å². The highest BCUT2D eigenvalue weighted by Gasteiger charge is 2.42. The van der Waals surface area contributed by atoms with Gasteiger partial charge in [0.05, 0.1) is 0 Å². The first kappa shape index (κ1) is 15.5. The fourth-order valence-corrected chi connectivity index (χ4v) is 5.02. The summed E-state index contributed by atoms with van der Waals surface area (Å²) >= 11 is 1.83. The predicted octanol–water partition coefficient (Wildman–Crippen LogP) is 4.44. The van der Waals surface area contributed by atoms with Crippen molar-refractivity contribution in [3.8, 4) is 0 Å². The van der Waals surface area contributed by atoms with E-state index < -0.39 is 0 Å². The van der Waals surface area contributed by atoms with Crippen molar-refractivity contribution in [1.82, 2.24) is 10.2 Å². The maximum absolute atomic E-state index is 3.96. The van der Waals surface area contributed by atoms with Gasteiger partial charge in [-0.3, -0.25) is 4.90 Å². The summed E-state index contributed by atoms with van der Waals surface area (Å²) in [5.41, 5.74) is 1.90. The third-order valence-electron chi connectivity index (χ3n) is 5.70. The molecule has 1 saturated carbocycles. The summed E-state index contributed by atoms with van der Waals surface area (Å²) in [5, 5.41) is 8.51. The van der Waals surface area contributed by atoms with Gasteiger partial charge in [-0.05, 0) is 48.1 Å². The molecule has 21 heavy (non-hydrogen) atoms. The van der Waals surface area contributed by atoms with Gasteiger partial charge in [-0.15, -0.1) is 0 Å². The molecule has 1 spiro atoms. The standard InChI is InChI=1S/C18H30N2S/c1-14(2)17-11-19-18(8-5-4-6-9-18)13-20(17)15(3)16-7-10-21-12-16/h7,10,12,14-15,17,19H,4-6,8-9,11,13H2,1-3H3. The molecule has 2 atom stereocenters. The van der Waals surface area contributed by atoms with Crippen LogP contribution in [0.2, 0.25) is 0 Å². The minimum Gasteiger partial charge on any atom is -0.308 e. The van der Waals surface area contributed by atoms with Gasteiger partial charge in [-0.25, -0.2) is 0 Å². The molecule has 2 aliphatic rings. The second-order valence-corrected chi connectivity index (χ2v) is 8.22. The van der Waals surface area contributed by atoms with Gasteiger partial charge < -0.3 is 5.32 Å². The average Bonchev–Trinajstić information content (AvgIpc) is 3.01. The molecule has 1 N–H and O–H groups in total. The largest absolute Gasteiger partial charge is 0.308 e. The van der Waals surface area contributed by atoms with E-state index in [1.165, 1.54) is 44.2 Å². The van der Waals surface area contributed by atoms with Crippen LogP contribution in [-0.2, 0) is 0 Å². The SMILES string of the molecule is CC(C)C1CNC2(CCCCC2)CN1C(C)c1ccsc1. The summed E-state index contributed by atoms with van der Waals surface area (Å²) in [6, 6.07) is 3.51. The van der Waals surface area contributed by atoms with Crippen LogP contribution in [0.15, 0.2) is 16.8 Å². The zero-order valence-corrected chi connectivity index (χ0v) is 14.6. The van der Waals surface area contributed by atoms with Crippen LogP contribution < -0.4 is 5.32 Å². The molecular weight excluding hydrogens is 276 g/mol. The Balaban J connectivity index is 1.81. The summed E-state index contributed by atoms with van der Waals surface area (Å²) in [7, 11) is 0. The molecule has 0 radical (unpaired) electrons. The summed E-state index contributed by atoms with van der Waals surface area (Å²) in [5.74, 6) is 0.708. The Kier molecular flexibility index (Phi) is 4.72. The van der Waals surface area contributed by atoms with Crippen molar-refractivity contribution >= 4 is 11.3 Å². The van der Waals surface area contributed by atoms with Crippen LogP contribution in [0, 0.1) is 5.92 Å². The molecule has 0 amide bonds. The number of nitrogens with zero attached hydrogens (tertiary/aromatic N) is 1. The van der Waals surface area contributed by atoms with Gasteiger partial charge in [0, 0.05) is 30.7 Å². The van der Waals surface area contributed by atoms with Crippen LogP contribution in [0.3, 0.4) is 0 Å². The highest BCUT2D eigenvalue weighted by atomic mass is 32.1. The van der Waals surface area contributed by atoms with Gasteiger partial charge in [0.15, 0.2) is 0 Å². The lowest BCUT2D eigenvalue weighted by atomic mass is 9.78. The van der Waals surface area contributed by atoms with Crippen molar-refractivity contribution in [3.05, 3.63) is 22.4 Å². The van der Waals surface area contributed by atoms with Crippen molar-refractivity contribution in [2.24, 2.45) is 5.92 Å². The summed E-state index contributed by atoms with van der Waals surface area (Å²) in [4.78, 5) is 2.80. The van der Waals surface area contributed by atoms with Crippen LogP contribution in [0.4, 0.5) is 0 Å². The van der Waals surface area contributed by atoms with Gasteiger partial charge in [0.2, 0.25) is 0 Å². The quantitative estimate of drug-likeness (QED) is 0.888. The highest BCUT2D eigenvalue weighted by Crippen LogP contribution is 2.37. The lowest BCUT2D eigenvalue weighted by Crippen LogP contribution is -2.66. The lowest BCUT2D eigenvalue weighted by Gasteiger charge is -2.52. The van der Waals surface area contributed by atoms with E-state index in [4.69, 9.17) is 0 Å². The maximum Gasteiger partial charge on any atom is 0.0332 e. The zero-order valence-electron chi connectivity index (χ0n) is 13.8. The third-order valence-corrected chi connectivity index (χ3v) is 6.40. The topological polar surface area (TPSA) is 15.3 Å².